The number of aryl methyl sites for hydroxylation is 1. The van der Waals surface area contributed by atoms with E-state index in [0.29, 0.717) is 11.6 Å². The van der Waals surface area contributed by atoms with E-state index in [1.165, 1.54) is 6.20 Å². The van der Waals surface area contributed by atoms with Crippen molar-refractivity contribution < 1.29 is 4.79 Å². The standard InChI is InChI=1S/C14H17N5O/c1-8(2)12-17-7-10(15)11(18-12)14(20)19-13-9(3)5-4-6-16-13/h4-8H,15H2,1-3H3,(H,16,19,20). The largest absolute Gasteiger partial charge is 0.396 e. The van der Waals surface area contributed by atoms with E-state index in [0.717, 1.165) is 5.56 Å². The number of hydrogen-bond acceptors (Lipinski definition) is 5. The lowest BCUT2D eigenvalue weighted by Crippen LogP contribution is -2.19. The lowest BCUT2D eigenvalue weighted by atomic mass is 10.2. The molecule has 2 aromatic heterocycles. The topological polar surface area (TPSA) is 93.8 Å². The number of carbonyl (C=O) groups is 1. The quantitative estimate of drug-likeness (QED) is 0.892. The molecular formula is C14H17N5O. The van der Waals surface area contributed by atoms with Gasteiger partial charge in [0.15, 0.2) is 5.69 Å². The molecule has 2 rings (SSSR count). The molecule has 0 saturated carbocycles. The predicted octanol–water partition coefficient (Wildman–Crippen LogP) is 2.14. The summed E-state index contributed by atoms with van der Waals surface area (Å²) in [6.45, 7) is 5.78. The van der Waals surface area contributed by atoms with Crippen LogP contribution >= 0.6 is 0 Å². The van der Waals surface area contributed by atoms with Gasteiger partial charge in [-0.15, -0.1) is 0 Å². The minimum absolute atomic E-state index is 0.124. The van der Waals surface area contributed by atoms with Crippen LogP contribution in [0.5, 0.6) is 0 Å². The molecule has 0 radical (unpaired) electrons. The minimum Gasteiger partial charge on any atom is -0.396 e. The summed E-state index contributed by atoms with van der Waals surface area (Å²) < 4.78 is 0. The van der Waals surface area contributed by atoms with Crippen LogP contribution in [0.1, 0.15) is 41.6 Å². The maximum Gasteiger partial charge on any atom is 0.277 e. The molecule has 0 bridgehead atoms. The molecule has 1 amide bonds. The first-order valence-electron chi connectivity index (χ1n) is 6.34. The zero-order valence-corrected chi connectivity index (χ0v) is 11.7. The normalized spacial score (nSPS) is 10.6. The van der Waals surface area contributed by atoms with Crippen LogP contribution in [0.15, 0.2) is 24.5 Å². The Morgan fingerprint density at radius 3 is 2.75 bits per heavy atom. The van der Waals surface area contributed by atoms with Gasteiger partial charge in [-0.2, -0.15) is 0 Å². The van der Waals surface area contributed by atoms with E-state index in [1.807, 2.05) is 26.8 Å². The summed E-state index contributed by atoms with van der Waals surface area (Å²) in [6, 6.07) is 3.67. The van der Waals surface area contributed by atoms with Crippen molar-refractivity contribution >= 4 is 17.4 Å². The van der Waals surface area contributed by atoms with Crippen molar-refractivity contribution in [2.24, 2.45) is 0 Å². The fourth-order valence-electron chi connectivity index (χ4n) is 1.65. The molecule has 6 heteroatoms. The van der Waals surface area contributed by atoms with Crippen LogP contribution < -0.4 is 11.1 Å². The van der Waals surface area contributed by atoms with Gasteiger partial charge in [0.1, 0.15) is 11.6 Å². The lowest BCUT2D eigenvalue weighted by molar-refractivity contribution is 0.102. The highest BCUT2D eigenvalue weighted by Crippen LogP contribution is 2.16. The maximum absolute atomic E-state index is 12.2. The summed E-state index contributed by atoms with van der Waals surface area (Å²) in [5.74, 6) is 0.830. The Kier molecular flexibility index (Phi) is 3.93. The number of pyridine rings is 1. The molecule has 0 aromatic carbocycles. The third-order valence-electron chi connectivity index (χ3n) is 2.81. The predicted molar refractivity (Wildman–Crippen MR) is 77.5 cm³/mol. The molecule has 2 heterocycles. The molecule has 0 aliphatic heterocycles. The van der Waals surface area contributed by atoms with Crippen molar-refractivity contribution in [3.8, 4) is 0 Å². The number of hydrogen-bond donors (Lipinski definition) is 2. The Labute approximate surface area is 117 Å². The molecule has 0 unspecified atom stereocenters. The molecule has 0 aliphatic carbocycles. The fourth-order valence-corrected chi connectivity index (χ4v) is 1.65. The first kappa shape index (κ1) is 13.9. The number of nitrogens with two attached hydrogens (primary N) is 1. The summed E-state index contributed by atoms with van der Waals surface area (Å²) in [4.78, 5) is 24.7. The van der Waals surface area contributed by atoms with E-state index in [2.05, 4.69) is 20.3 Å². The summed E-state index contributed by atoms with van der Waals surface area (Å²) in [5.41, 5.74) is 7.07. The third kappa shape index (κ3) is 2.90. The molecule has 0 saturated heterocycles. The average Bonchev–Trinajstić information content (AvgIpc) is 2.41. The Morgan fingerprint density at radius 2 is 2.10 bits per heavy atom. The van der Waals surface area contributed by atoms with E-state index >= 15 is 0 Å². The molecule has 3 N–H and O–H groups in total. The molecular weight excluding hydrogens is 254 g/mol. The molecule has 0 atom stereocenters. The van der Waals surface area contributed by atoms with Gasteiger partial charge in [0, 0.05) is 12.1 Å². The first-order chi connectivity index (χ1) is 9.49. The van der Waals surface area contributed by atoms with Crippen LogP contribution in [-0.4, -0.2) is 20.9 Å². The smallest absolute Gasteiger partial charge is 0.277 e. The Morgan fingerprint density at radius 1 is 1.35 bits per heavy atom. The molecule has 0 aliphatic rings. The monoisotopic (exact) mass is 271 g/mol. The van der Waals surface area contributed by atoms with E-state index in [-0.39, 0.29) is 23.2 Å². The van der Waals surface area contributed by atoms with Crippen LogP contribution in [0.2, 0.25) is 0 Å². The number of carbonyl (C=O) groups excluding carboxylic acids is 1. The molecule has 0 spiro atoms. The average molecular weight is 271 g/mol. The van der Waals surface area contributed by atoms with Gasteiger partial charge in [-0.05, 0) is 18.6 Å². The number of nitrogens with zero attached hydrogens (tertiary/aromatic N) is 3. The van der Waals surface area contributed by atoms with E-state index in [9.17, 15) is 4.79 Å². The molecule has 20 heavy (non-hydrogen) atoms. The number of anilines is 2. The van der Waals surface area contributed by atoms with Crippen molar-refractivity contribution in [3.63, 3.8) is 0 Å². The van der Waals surface area contributed by atoms with Gasteiger partial charge < -0.3 is 11.1 Å². The van der Waals surface area contributed by atoms with Crippen molar-refractivity contribution in [1.29, 1.82) is 0 Å². The highest BCUT2D eigenvalue weighted by atomic mass is 16.2. The lowest BCUT2D eigenvalue weighted by Gasteiger charge is -2.10. The maximum atomic E-state index is 12.2. The van der Waals surface area contributed by atoms with Crippen LogP contribution in [0, 0.1) is 6.92 Å². The van der Waals surface area contributed by atoms with Crippen molar-refractivity contribution in [2.75, 3.05) is 11.1 Å². The second-order valence-electron chi connectivity index (χ2n) is 4.81. The number of nitrogens with one attached hydrogen (secondary N) is 1. The van der Waals surface area contributed by atoms with E-state index in [4.69, 9.17) is 5.73 Å². The number of nitrogen functional groups attached to an aromatic ring is 1. The van der Waals surface area contributed by atoms with Gasteiger partial charge in [0.2, 0.25) is 0 Å². The Bertz CT molecular complexity index is 639. The zero-order valence-electron chi connectivity index (χ0n) is 11.7. The Balaban J connectivity index is 2.30. The van der Waals surface area contributed by atoms with Gasteiger partial charge >= 0.3 is 0 Å². The van der Waals surface area contributed by atoms with E-state index < -0.39 is 0 Å². The molecule has 0 fully saturated rings. The van der Waals surface area contributed by atoms with E-state index in [1.54, 1.807) is 12.3 Å². The highest BCUT2D eigenvalue weighted by molar-refractivity contribution is 6.05. The molecule has 6 nitrogen and oxygen atoms in total. The van der Waals surface area contributed by atoms with Crippen molar-refractivity contribution in [2.45, 2.75) is 26.7 Å². The number of aromatic nitrogens is 3. The third-order valence-corrected chi connectivity index (χ3v) is 2.81. The van der Waals surface area contributed by atoms with Crippen molar-refractivity contribution in [3.05, 3.63) is 41.6 Å². The number of rotatable bonds is 3. The van der Waals surface area contributed by atoms with Gasteiger partial charge in [0.05, 0.1) is 11.9 Å². The van der Waals surface area contributed by atoms with Crippen LogP contribution in [0.4, 0.5) is 11.5 Å². The summed E-state index contributed by atoms with van der Waals surface area (Å²) in [7, 11) is 0. The molecule has 104 valence electrons. The zero-order chi connectivity index (χ0) is 14.7. The van der Waals surface area contributed by atoms with Gasteiger partial charge in [-0.1, -0.05) is 19.9 Å². The molecule has 2 aromatic rings. The van der Waals surface area contributed by atoms with Crippen LogP contribution in [0.25, 0.3) is 0 Å². The minimum atomic E-state index is -0.381. The summed E-state index contributed by atoms with van der Waals surface area (Å²) >= 11 is 0. The summed E-state index contributed by atoms with van der Waals surface area (Å²) in [6.07, 6.45) is 3.08. The second-order valence-corrected chi connectivity index (χ2v) is 4.81. The van der Waals surface area contributed by atoms with Crippen LogP contribution in [0.3, 0.4) is 0 Å². The number of amides is 1. The summed E-state index contributed by atoms with van der Waals surface area (Å²) in [5, 5.41) is 2.71. The highest BCUT2D eigenvalue weighted by Gasteiger charge is 2.16. The SMILES string of the molecule is Cc1cccnc1NC(=O)c1nc(C(C)C)ncc1N. The fraction of sp³-hybridized carbons (Fsp3) is 0.286. The van der Waals surface area contributed by atoms with Crippen LogP contribution in [-0.2, 0) is 0 Å². The first-order valence-corrected chi connectivity index (χ1v) is 6.34. The second kappa shape index (κ2) is 5.64. The van der Waals surface area contributed by atoms with Crippen molar-refractivity contribution in [1.82, 2.24) is 15.0 Å². The Hall–Kier alpha value is -2.50. The van der Waals surface area contributed by atoms with Gasteiger partial charge in [0.25, 0.3) is 5.91 Å². The van der Waals surface area contributed by atoms with Gasteiger partial charge in [-0.3, -0.25) is 4.79 Å². The van der Waals surface area contributed by atoms with Gasteiger partial charge in [-0.25, -0.2) is 15.0 Å².